The maximum absolute atomic E-state index is 11.5. The van der Waals surface area contributed by atoms with Crippen LogP contribution in [0.2, 0.25) is 39.3 Å². The third-order valence-electron chi connectivity index (χ3n) is 10.7. The second-order valence-corrected chi connectivity index (χ2v) is 24.4. The summed E-state index contributed by atoms with van der Waals surface area (Å²) < 4.78 is 13.7. The van der Waals surface area contributed by atoms with Crippen molar-refractivity contribution in [1.82, 2.24) is 0 Å². The summed E-state index contributed by atoms with van der Waals surface area (Å²) in [6, 6.07) is 0. The van der Waals surface area contributed by atoms with Crippen molar-refractivity contribution >= 4 is 22.5 Å². The lowest BCUT2D eigenvalue weighted by Gasteiger charge is -2.60. The first kappa shape index (κ1) is 28.4. The smallest absolute Gasteiger partial charge is 0.241 e. The highest BCUT2D eigenvalue weighted by atomic mass is 28.4. The van der Waals surface area contributed by atoms with Gasteiger partial charge in [-0.3, -0.25) is 4.79 Å². The summed E-state index contributed by atoms with van der Waals surface area (Å²) in [5.74, 6) is 4.96. The van der Waals surface area contributed by atoms with Crippen molar-refractivity contribution in [2.75, 3.05) is 0 Å². The maximum Gasteiger partial charge on any atom is 0.241 e. The van der Waals surface area contributed by atoms with Crippen molar-refractivity contribution in [3.8, 4) is 0 Å². The van der Waals surface area contributed by atoms with Crippen LogP contribution in [-0.4, -0.2) is 28.6 Å². The molecular weight excluding hydrogens is 479 g/mol. The monoisotopic (exact) mass is 533 g/mol. The lowest BCUT2D eigenvalue weighted by atomic mass is 9.46. The van der Waals surface area contributed by atoms with E-state index in [4.69, 9.17) is 14.6 Å². The average Bonchev–Trinajstić information content (AvgIpc) is 3.08. The first-order valence-electron chi connectivity index (χ1n) is 14.9. The van der Waals surface area contributed by atoms with E-state index in [0.717, 1.165) is 12.8 Å². The number of fused-ring (bicyclic) bond motifs is 5. The first-order valence-corrected chi connectivity index (χ1v) is 21.7. The number of carbonyl (C=O) groups excluding carboxylic acids is 1. The van der Waals surface area contributed by atoms with Gasteiger partial charge in [-0.25, -0.2) is 0 Å². The summed E-state index contributed by atoms with van der Waals surface area (Å²) >= 11 is 0. The van der Waals surface area contributed by atoms with Crippen molar-refractivity contribution in [3.05, 3.63) is 11.8 Å². The summed E-state index contributed by atoms with van der Waals surface area (Å²) in [5.41, 5.74) is 6.21. The van der Waals surface area contributed by atoms with Crippen molar-refractivity contribution in [2.45, 2.75) is 124 Å². The molecule has 0 aromatic rings. The zero-order chi connectivity index (χ0) is 26.7. The highest BCUT2D eigenvalue weighted by Crippen LogP contribution is 2.68. The Balaban J connectivity index is 1.65. The van der Waals surface area contributed by atoms with Crippen molar-refractivity contribution in [3.63, 3.8) is 0 Å². The van der Waals surface area contributed by atoms with Gasteiger partial charge >= 0.3 is 0 Å². The summed E-state index contributed by atoms with van der Waals surface area (Å²) in [4.78, 5) is 11.5. The zero-order valence-electron chi connectivity index (χ0n) is 24.8. The van der Waals surface area contributed by atoms with Crippen LogP contribution in [-0.2, 0) is 13.6 Å². The molecule has 4 nitrogen and oxygen atoms in total. The van der Waals surface area contributed by atoms with Crippen LogP contribution >= 0.6 is 0 Å². The van der Waals surface area contributed by atoms with E-state index >= 15 is 0 Å². The van der Waals surface area contributed by atoms with Gasteiger partial charge in [0.1, 0.15) is 0 Å². The topological polar surface area (TPSA) is 61.6 Å². The molecule has 4 aliphatic carbocycles. The van der Waals surface area contributed by atoms with Crippen LogP contribution in [0.5, 0.6) is 0 Å². The van der Waals surface area contributed by atoms with Gasteiger partial charge in [0.15, 0.2) is 8.32 Å². The van der Waals surface area contributed by atoms with Gasteiger partial charge in [-0.05, 0) is 137 Å². The minimum atomic E-state index is -1.73. The number of nitrogens with two attached hydrogens (primary N) is 1. The normalized spacial score (nSPS) is 41.5. The molecular formula is C30H55NO3Si2. The molecule has 2 N–H and O–H groups in total. The molecule has 0 aromatic carbocycles. The van der Waals surface area contributed by atoms with Gasteiger partial charge in [-0.15, -0.1) is 0 Å². The molecule has 4 unspecified atom stereocenters. The van der Waals surface area contributed by atoms with Crippen LogP contribution in [0.4, 0.5) is 0 Å². The highest BCUT2D eigenvalue weighted by Gasteiger charge is 2.62. The Morgan fingerprint density at radius 3 is 2.25 bits per heavy atom. The fourth-order valence-corrected chi connectivity index (χ4v) is 11.4. The molecule has 206 valence electrons. The molecule has 3 saturated carbocycles. The van der Waals surface area contributed by atoms with Gasteiger partial charge in [-0.1, -0.05) is 20.8 Å². The number of allylic oxidation sites excluding steroid dienone is 2. The molecule has 0 saturated heterocycles. The zero-order valence-corrected chi connectivity index (χ0v) is 26.8. The molecule has 0 aliphatic heterocycles. The van der Waals surface area contributed by atoms with Crippen LogP contribution in [0.3, 0.4) is 0 Å². The first-order chi connectivity index (χ1) is 16.5. The van der Waals surface area contributed by atoms with Crippen molar-refractivity contribution < 1.29 is 13.6 Å². The van der Waals surface area contributed by atoms with E-state index in [1.807, 2.05) is 0 Å². The Morgan fingerprint density at radius 2 is 1.64 bits per heavy atom. The molecule has 3 fully saturated rings. The molecule has 6 heteroatoms. The number of hydrogen-bond acceptors (Lipinski definition) is 3. The average molecular weight is 534 g/mol. The third kappa shape index (κ3) is 5.56. The number of hydrogen-bond donors (Lipinski definition) is 1. The predicted molar refractivity (Wildman–Crippen MR) is 154 cm³/mol. The van der Waals surface area contributed by atoms with Gasteiger partial charge < -0.3 is 14.6 Å². The SMILES string of the molecule is C[C@H](CCC(N)=O)[C@H]1CCC2C3C(O[Si](C)(C)C)=C[C@@H]4CC(O[Si](C)(C)C)CC[C@]4(C)C3CC[C@@]21C. The van der Waals surface area contributed by atoms with Gasteiger partial charge in [0.05, 0.1) is 5.76 Å². The Bertz CT molecular complexity index is 861. The van der Waals surface area contributed by atoms with E-state index in [1.165, 1.54) is 44.3 Å². The quantitative estimate of drug-likeness (QED) is 0.325. The lowest BCUT2D eigenvalue weighted by molar-refractivity contribution is -0.118. The predicted octanol–water partition coefficient (Wildman–Crippen LogP) is 7.72. The summed E-state index contributed by atoms with van der Waals surface area (Å²) in [7, 11) is -3.28. The van der Waals surface area contributed by atoms with Crippen molar-refractivity contribution in [1.29, 1.82) is 0 Å². The van der Waals surface area contributed by atoms with E-state index in [0.29, 0.717) is 58.9 Å². The maximum atomic E-state index is 11.5. The summed E-state index contributed by atoms with van der Waals surface area (Å²) in [5, 5.41) is 0. The van der Waals surface area contributed by atoms with E-state index in [2.05, 4.69) is 66.1 Å². The second-order valence-electron chi connectivity index (χ2n) is 15.5. The van der Waals surface area contributed by atoms with E-state index < -0.39 is 16.6 Å². The van der Waals surface area contributed by atoms with E-state index in [1.54, 1.807) is 0 Å². The van der Waals surface area contributed by atoms with Gasteiger partial charge in [0.2, 0.25) is 14.2 Å². The van der Waals surface area contributed by atoms with Gasteiger partial charge in [0.25, 0.3) is 0 Å². The Hall–Kier alpha value is -0.596. The standard InChI is InChI=1S/C30H55NO3Si2/c1-20(10-13-27(31)32)23-11-12-24-28-25(15-17-30(23,24)3)29(2)16-14-22(33-35(4,5)6)18-21(29)19-26(28)34-36(7,8)9/h19-25,28H,10-18H2,1-9H3,(H2,31,32)/t20-,21+,22?,23-,24?,25?,28?,29+,30-/m1/s1. The van der Waals surface area contributed by atoms with Crippen LogP contribution < -0.4 is 5.73 Å². The number of rotatable bonds is 8. The number of primary amides is 1. The van der Waals surface area contributed by atoms with Crippen LogP contribution in [0, 0.1) is 46.3 Å². The number of amides is 1. The number of carbonyl (C=O) groups is 1. The van der Waals surface area contributed by atoms with Gasteiger partial charge in [-0.2, -0.15) is 0 Å². The molecule has 36 heavy (non-hydrogen) atoms. The second kappa shape index (κ2) is 9.86. The van der Waals surface area contributed by atoms with Crippen LogP contribution in [0.1, 0.15) is 78.6 Å². The van der Waals surface area contributed by atoms with Gasteiger partial charge in [0, 0.05) is 18.4 Å². The molecule has 0 aromatic heterocycles. The minimum absolute atomic E-state index is 0.154. The highest BCUT2D eigenvalue weighted by molar-refractivity contribution is 6.70. The minimum Gasteiger partial charge on any atom is -0.547 e. The summed E-state index contributed by atoms with van der Waals surface area (Å²) in [6.45, 7) is 21.6. The molecule has 9 atom stereocenters. The third-order valence-corrected chi connectivity index (χ3v) is 12.6. The molecule has 4 rings (SSSR count). The Morgan fingerprint density at radius 1 is 1.00 bits per heavy atom. The Kier molecular flexibility index (Phi) is 7.78. The van der Waals surface area contributed by atoms with E-state index in [9.17, 15) is 4.79 Å². The van der Waals surface area contributed by atoms with E-state index in [-0.39, 0.29) is 5.91 Å². The lowest BCUT2D eigenvalue weighted by Crippen LogP contribution is -2.55. The molecule has 0 bridgehead atoms. The molecule has 4 aliphatic rings. The largest absolute Gasteiger partial charge is 0.547 e. The summed E-state index contributed by atoms with van der Waals surface area (Å²) in [6.07, 6.45) is 13.4. The van der Waals surface area contributed by atoms with Crippen LogP contribution in [0.15, 0.2) is 11.8 Å². The molecule has 0 radical (unpaired) electrons. The Labute approximate surface area is 223 Å². The van der Waals surface area contributed by atoms with Crippen molar-refractivity contribution in [2.24, 2.45) is 52.1 Å². The molecule has 1 amide bonds. The fourth-order valence-electron chi connectivity index (χ4n) is 9.24. The molecule has 0 spiro atoms. The fraction of sp³-hybridized carbons (Fsp3) is 0.900. The van der Waals surface area contributed by atoms with Crippen LogP contribution in [0.25, 0.3) is 0 Å². The molecule has 0 heterocycles.